The first kappa shape index (κ1) is 17.5. The van der Waals surface area contributed by atoms with Crippen LogP contribution in [0, 0.1) is 5.82 Å². The van der Waals surface area contributed by atoms with E-state index in [0.29, 0.717) is 10.8 Å². The summed E-state index contributed by atoms with van der Waals surface area (Å²) in [6.07, 6.45) is 4.26. The second-order valence-corrected chi connectivity index (χ2v) is 7.35. The van der Waals surface area contributed by atoms with Crippen molar-refractivity contribution < 1.29 is 9.18 Å². The SMILES string of the molecule is CCC(C)(C)NC(=O)C(C)Sc1nccn1-c1cccc(F)c1. The standard InChI is InChI=1S/C17H22FN3OS/c1-5-17(3,4)20-15(22)12(2)23-16-19-9-10-21(16)14-8-6-7-13(18)11-14/h6-12H,5H2,1-4H3,(H,20,22). The van der Waals surface area contributed by atoms with E-state index in [0.717, 1.165) is 6.42 Å². The van der Waals surface area contributed by atoms with Gasteiger partial charge in [0.05, 0.1) is 10.9 Å². The van der Waals surface area contributed by atoms with E-state index in [1.165, 1.54) is 23.9 Å². The molecule has 1 heterocycles. The lowest BCUT2D eigenvalue weighted by Gasteiger charge is -2.26. The van der Waals surface area contributed by atoms with Gasteiger partial charge in [0.2, 0.25) is 5.91 Å². The van der Waals surface area contributed by atoms with Gasteiger partial charge in [-0.3, -0.25) is 9.36 Å². The van der Waals surface area contributed by atoms with E-state index in [-0.39, 0.29) is 22.5 Å². The summed E-state index contributed by atoms with van der Waals surface area (Å²) in [5.74, 6) is -0.335. The number of carbonyl (C=O) groups excluding carboxylic acids is 1. The van der Waals surface area contributed by atoms with Gasteiger partial charge in [0.15, 0.2) is 5.16 Å². The Balaban J connectivity index is 2.12. The Hall–Kier alpha value is -1.82. The molecule has 1 unspecified atom stereocenters. The molecule has 4 nitrogen and oxygen atoms in total. The van der Waals surface area contributed by atoms with Crippen LogP contribution in [0.2, 0.25) is 0 Å². The zero-order valence-corrected chi connectivity index (χ0v) is 14.7. The summed E-state index contributed by atoms with van der Waals surface area (Å²) in [4.78, 5) is 16.6. The van der Waals surface area contributed by atoms with Crippen LogP contribution in [0.25, 0.3) is 5.69 Å². The lowest BCUT2D eigenvalue weighted by atomic mass is 10.0. The molecule has 0 bridgehead atoms. The van der Waals surface area contributed by atoms with Crippen LogP contribution in [0.4, 0.5) is 4.39 Å². The summed E-state index contributed by atoms with van der Waals surface area (Å²) in [7, 11) is 0. The number of imidazole rings is 1. The van der Waals surface area contributed by atoms with Gasteiger partial charge in [0.1, 0.15) is 5.82 Å². The third-order valence-electron chi connectivity index (χ3n) is 3.69. The highest BCUT2D eigenvalue weighted by Crippen LogP contribution is 2.25. The van der Waals surface area contributed by atoms with E-state index in [2.05, 4.69) is 10.3 Å². The number of halogens is 1. The van der Waals surface area contributed by atoms with Crippen LogP contribution in [0.1, 0.15) is 34.1 Å². The maximum Gasteiger partial charge on any atom is 0.233 e. The quantitative estimate of drug-likeness (QED) is 0.817. The highest BCUT2D eigenvalue weighted by Gasteiger charge is 2.23. The number of benzene rings is 1. The van der Waals surface area contributed by atoms with Gasteiger partial charge in [0.25, 0.3) is 0 Å². The molecule has 0 aliphatic carbocycles. The first-order valence-corrected chi connectivity index (χ1v) is 8.48. The summed E-state index contributed by atoms with van der Waals surface area (Å²) in [5, 5.41) is 3.39. The van der Waals surface area contributed by atoms with Gasteiger partial charge in [-0.2, -0.15) is 0 Å². The maximum atomic E-state index is 13.4. The minimum Gasteiger partial charge on any atom is -0.350 e. The zero-order valence-electron chi connectivity index (χ0n) is 13.8. The molecule has 1 N–H and O–H groups in total. The number of hydrogen-bond donors (Lipinski definition) is 1. The summed E-state index contributed by atoms with van der Waals surface area (Å²) in [5.41, 5.74) is 0.454. The number of carbonyl (C=O) groups is 1. The first-order chi connectivity index (χ1) is 10.8. The van der Waals surface area contributed by atoms with E-state index in [1.807, 2.05) is 27.7 Å². The lowest BCUT2D eigenvalue weighted by Crippen LogP contribution is -2.46. The van der Waals surface area contributed by atoms with Gasteiger partial charge in [-0.1, -0.05) is 24.8 Å². The second kappa shape index (κ2) is 7.17. The van der Waals surface area contributed by atoms with Crippen molar-refractivity contribution in [1.82, 2.24) is 14.9 Å². The summed E-state index contributed by atoms with van der Waals surface area (Å²) in [6.45, 7) is 7.87. The van der Waals surface area contributed by atoms with Gasteiger partial charge in [-0.25, -0.2) is 9.37 Å². The molecule has 1 amide bonds. The number of hydrogen-bond acceptors (Lipinski definition) is 3. The largest absolute Gasteiger partial charge is 0.350 e. The van der Waals surface area contributed by atoms with Crippen molar-refractivity contribution in [2.45, 2.75) is 50.1 Å². The molecule has 0 radical (unpaired) electrons. The second-order valence-electron chi connectivity index (χ2n) is 6.05. The average molecular weight is 335 g/mol. The van der Waals surface area contributed by atoms with Crippen molar-refractivity contribution in [2.24, 2.45) is 0 Å². The van der Waals surface area contributed by atoms with E-state index in [4.69, 9.17) is 0 Å². The van der Waals surface area contributed by atoms with Crippen molar-refractivity contribution in [3.05, 3.63) is 42.5 Å². The van der Waals surface area contributed by atoms with Crippen molar-refractivity contribution in [1.29, 1.82) is 0 Å². The van der Waals surface area contributed by atoms with Crippen molar-refractivity contribution in [3.8, 4) is 5.69 Å². The number of amides is 1. The molecular formula is C17H22FN3OS. The Morgan fingerprint density at radius 2 is 2.22 bits per heavy atom. The third kappa shape index (κ3) is 4.58. The molecule has 0 aliphatic heterocycles. The van der Waals surface area contributed by atoms with Crippen LogP contribution in [0.15, 0.2) is 41.8 Å². The van der Waals surface area contributed by atoms with E-state index >= 15 is 0 Å². The van der Waals surface area contributed by atoms with Crippen molar-refractivity contribution in [2.75, 3.05) is 0 Å². The fraction of sp³-hybridized carbons (Fsp3) is 0.412. The molecule has 0 fully saturated rings. The zero-order chi connectivity index (χ0) is 17.0. The van der Waals surface area contributed by atoms with Gasteiger partial charge in [-0.15, -0.1) is 0 Å². The molecule has 0 aliphatic rings. The fourth-order valence-corrected chi connectivity index (χ4v) is 2.82. The Labute approximate surface area is 140 Å². The van der Waals surface area contributed by atoms with Gasteiger partial charge in [-0.05, 0) is 45.4 Å². The predicted octanol–water partition coefficient (Wildman–Crippen LogP) is 3.80. The summed E-state index contributed by atoms with van der Waals surface area (Å²) < 4.78 is 15.2. The highest BCUT2D eigenvalue weighted by atomic mass is 32.2. The molecule has 2 aromatic rings. The Morgan fingerprint density at radius 1 is 1.48 bits per heavy atom. The fourth-order valence-electron chi connectivity index (χ4n) is 1.93. The Morgan fingerprint density at radius 3 is 2.87 bits per heavy atom. The molecular weight excluding hydrogens is 313 g/mol. The van der Waals surface area contributed by atoms with E-state index < -0.39 is 0 Å². The van der Waals surface area contributed by atoms with Gasteiger partial charge >= 0.3 is 0 Å². The highest BCUT2D eigenvalue weighted by molar-refractivity contribution is 8.00. The average Bonchev–Trinajstić information content (AvgIpc) is 2.95. The Kier molecular flexibility index (Phi) is 5.46. The molecule has 23 heavy (non-hydrogen) atoms. The molecule has 0 saturated heterocycles. The van der Waals surface area contributed by atoms with Crippen molar-refractivity contribution in [3.63, 3.8) is 0 Å². The number of thioether (sulfide) groups is 1. The molecule has 124 valence electrons. The van der Waals surface area contributed by atoms with Crippen LogP contribution in [0.5, 0.6) is 0 Å². The van der Waals surface area contributed by atoms with Crippen LogP contribution in [-0.4, -0.2) is 26.2 Å². The minimum atomic E-state index is -0.303. The van der Waals surface area contributed by atoms with Crippen LogP contribution in [-0.2, 0) is 4.79 Å². The monoisotopic (exact) mass is 335 g/mol. The number of aromatic nitrogens is 2. The minimum absolute atomic E-state index is 0.0318. The topological polar surface area (TPSA) is 46.9 Å². The smallest absolute Gasteiger partial charge is 0.233 e. The predicted molar refractivity (Wildman–Crippen MR) is 91.4 cm³/mol. The van der Waals surface area contributed by atoms with E-state index in [1.54, 1.807) is 29.1 Å². The summed E-state index contributed by atoms with van der Waals surface area (Å²) >= 11 is 1.35. The number of nitrogens with one attached hydrogen (secondary N) is 1. The summed E-state index contributed by atoms with van der Waals surface area (Å²) in [6, 6.07) is 6.30. The number of rotatable bonds is 6. The molecule has 0 saturated carbocycles. The van der Waals surface area contributed by atoms with Crippen LogP contribution < -0.4 is 5.32 Å². The van der Waals surface area contributed by atoms with Crippen LogP contribution >= 0.6 is 11.8 Å². The number of nitrogens with zero attached hydrogens (tertiary/aromatic N) is 2. The van der Waals surface area contributed by atoms with E-state index in [9.17, 15) is 9.18 Å². The normalized spacial score (nSPS) is 12.9. The molecule has 2 rings (SSSR count). The first-order valence-electron chi connectivity index (χ1n) is 7.60. The molecule has 1 aromatic heterocycles. The lowest BCUT2D eigenvalue weighted by molar-refractivity contribution is -0.121. The Bertz CT molecular complexity index is 684. The molecule has 1 aromatic carbocycles. The molecule has 1 atom stereocenters. The molecule has 0 spiro atoms. The van der Waals surface area contributed by atoms with Crippen LogP contribution in [0.3, 0.4) is 0 Å². The van der Waals surface area contributed by atoms with Gasteiger partial charge in [0, 0.05) is 17.9 Å². The third-order valence-corrected chi connectivity index (χ3v) is 4.77. The van der Waals surface area contributed by atoms with Gasteiger partial charge < -0.3 is 5.32 Å². The maximum absolute atomic E-state index is 13.4. The molecule has 6 heteroatoms. The van der Waals surface area contributed by atoms with Crippen molar-refractivity contribution >= 4 is 17.7 Å².